The molecule has 3 heterocycles. The Morgan fingerprint density at radius 2 is 1.77 bits per heavy atom. The van der Waals surface area contributed by atoms with Crippen LogP contribution in [0.1, 0.15) is 11.1 Å². The molecule has 35 heavy (non-hydrogen) atoms. The highest BCUT2D eigenvalue weighted by molar-refractivity contribution is 5.78. The third kappa shape index (κ3) is 5.01. The molecule has 0 aliphatic carbocycles. The molecular weight excluding hydrogens is 442 g/mol. The number of fused-ring (bicyclic) bond motifs is 1. The molecule has 0 bridgehead atoms. The van der Waals surface area contributed by atoms with Crippen LogP contribution in [0.5, 0.6) is 5.75 Å². The van der Waals surface area contributed by atoms with Crippen LogP contribution in [0.15, 0.2) is 77.7 Å². The average molecular weight is 470 g/mol. The van der Waals surface area contributed by atoms with Crippen LogP contribution in [0.3, 0.4) is 0 Å². The van der Waals surface area contributed by atoms with Crippen molar-refractivity contribution >= 4 is 22.9 Å². The zero-order chi connectivity index (χ0) is 24.2. The van der Waals surface area contributed by atoms with Crippen LogP contribution >= 0.6 is 0 Å². The third-order valence-electron chi connectivity index (χ3n) is 6.15. The summed E-state index contributed by atoms with van der Waals surface area (Å²) >= 11 is 0. The topological polar surface area (TPSA) is 80.6 Å². The maximum atomic E-state index is 13.5. The Bertz CT molecular complexity index is 1400. The molecule has 4 aromatic rings. The van der Waals surface area contributed by atoms with Crippen molar-refractivity contribution in [3.8, 4) is 5.75 Å². The van der Waals surface area contributed by atoms with Crippen LogP contribution in [-0.2, 0) is 11.3 Å². The summed E-state index contributed by atoms with van der Waals surface area (Å²) in [6, 6.07) is 21.2. The van der Waals surface area contributed by atoms with Crippen LogP contribution in [-0.4, -0.2) is 58.1 Å². The van der Waals surface area contributed by atoms with Gasteiger partial charge in [-0.15, -0.1) is 0 Å². The predicted octanol–water partition coefficient (Wildman–Crippen LogP) is 2.88. The molecular formula is C27H27N5O3. The lowest BCUT2D eigenvalue weighted by molar-refractivity contribution is -0.133. The number of ether oxygens (including phenoxy) is 1. The molecule has 5 rings (SSSR count). The van der Waals surface area contributed by atoms with Gasteiger partial charge in [0.05, 0.1) is 6.54 Å². The van der Waals surface area contributed by atoms with E-state index >= 15 is 0 Å². The summed E-state index contributed by atoms with van der Waals surface area (Å²) in [4.78, 5) is 39.0. The van der Waals surface area contributed by atoms with Crippen molar-refractivity contribution in [2.75, 3.05) is 37.7 Å². The molecule has 1 aliphatic rings. The zero-order valence-electron chi connectivity index (χ0n) is 19.6. The van der Waals surface area contributed by atoms with Gasteiger partial charge in [-0.05, 0) is 42.3 Å². The minimum absolute atomic E-state index is 0.00672. The molecule has 0 radical (unpaired) electrons. The van der Waals surface area contributed by atoms with Crippen molar-refractivity contribution in [1.29, 1.82) is 0 Å². The molecule has 2 aromatic carbocycles. The van der Waals surface area contributed by atoms with Gasteiger partial charge in [0, 0.05) is 32.4 Å². The number of carbonyl (C=O) groups is 1. The number of amides is 1. The number of rotatable bonds is 6. The number of nitrogens with zero attached hydrogens (tertiary/aromatic N) is 5. The van der Waals surface area contributed by atoms with Crippen LogP contribution in [0.2, 0.25) is 0 Å². The molecule has 8 nitrogen and oxygen atoms in total. The Hall–Kier alpha value is -4.20. The van der Waals surface area contributed by atoms with Crippen molar-refractivity contribution in [3.05, 3.63) is 94.4 Å². The molecule has 0 unspecified atom stereocenters. The lowest BCUT2D eigenvalue weighted by Crippen LogP contribution is -2.51. The molecule has 8 heteroatoms. The number of piperazine rings is 1. The smallest absolute Gasteiger partial charge is 0.295 e. The Balaban J connectivity index is 1.31. The first-order chi connectivity index (χ1) is 17.1. The van der Waals surface area contributed by atoms with Crippen molar-refractivity contribution in [1.82, 2.24) is 19.4 Å². The summed E-state index contributed by atoms with van der Waals surface area (Å²) in [7, 11) is 0. The summed E-state index contributed by atoms with van der Waals surface area (Å²) in [5.41, 5.74) is 3.15. The second-order valence-electron chi connectivity index (χ2n) is 8.63. The molecule has 178 valence electrons. The number of aromatic nitrogens is 3. The predicted molar refractivity (Wildman–Crippen MR) is 135 cm³/mol. The summed E-state index contributed by atoms with van der Waals surface area (Å²) in [5, 5.41) is 0. The molecule has 0 N–H and O–H groups in total. The zero-order valence-corrected chi connectivity index (χ0v) is 19.6. The normalized spacial score (nSPS) is 13.7. The first kappa shape index (κ1) is 22.6. The second kappa shape index (κ2) is 9.97. The molecule has 2 aromatic heterocycles. The van der Waals surface area contributed by atoms with E-state index in [1.54, 1.807) is 15.7 Å². The van der Waals surface area contributed by atoms with Crippen LogP contribution in [0, 0.1) is 6.92 Å². The Morgan fingerprint density at radius 1 is 0.971 bits per heavy atom. The van der Waals surface area contributed by atoms with Crippen molar-refractivity contribution in [2.45, 2.75) is 13.5 Å². The number of carbonyl (C=O) groups excluding carboxylic acids is 1. The molecule has 0 saturated carbocycles. The molecule has 0 atom stereocenters. The van der Waals surface area contributed by atoms with E-state index in [1.165, 1.54) is 0 Å². The Morgan fingerprint density at radius 3 is 2.54 bits per heavy atom. The fourth-order valence-electron chi connectivity index (χ4n) is 4.29. The summed E-state index contributed by atoms with van der Waals surface area (Å²) in [6.45, 7) is 4.44. The number of pyridine rings is 1. The minimum atomic E-state index is -0.178. The minimum Gasteiger partial charge on any atom is -0.484 e. The second-order valence-corrected chi connectivity index (χ2v) is 8.63. The number of hydrogen-bond acceptors (Lipinski definition) is 6. The van der Waals surface area contributed by atoms with Gasteiger partial charge < -0.3 is 14.5 Å². The molecule has 1 aliphatic heterocycles. The van der Waals surface area contributed by atoms with E-state index in [4.69, 9.17) is 4.74 Å². The van der Waals surface area contributed by atoms with Crippen LogP contribution in [0.4, 0.5) is 5.82 Å². The summed E-state index contributed by atoms with van der Waals surface area (Å²) in [5.74, 6) is 1.01. The van der Waals surface area contributed by atoms with Gasteiger partial charge in [0.1, 0.15) is 11.3 Å². The highest BCUT2D eigenvalue weighted by Crippen LogP contribution is 2.17. The maximum Gasteiger partial charge on any atom is 0.295 e. The van der Waals surface area contributed by atoms with Gasteiger partial charge in [-0.3, -0.25) is 14.2 Å². The van der Waals surface area contributed by atoms with E-state index in [-0.39, 0.29) is 18.1 Å². The highest BCUT2D eigenvalue weighted by Gasteiger charge is 2.25. The average Bonchev–Trinajstić information content (AvgIpc) is 2.89. The molecule has 1 saturated heterocycles. The molecule has 1 amide bonds. The standard InChI is InChI=1S/C27H27N5O3/c1-20-7-5-10-22(17-20)35-19-24(33)30-13-15-31(16-14-30)26-27(34)32(18-21-8-3-2-4-9-21)25-23(29-26)11-6-12-28-25/h2-12,17H,13-16,18-19H2,1H3. The fraction of sp³-hybridized carbons (Fsp3) is 0.259. The monoisotopic (exact) mass is 469 g/mol. The van der Waals surface area contributed by atoms with Gasteiger partial charge in [-0.25, -0.2) is 9.97 Å². The van der Waals surface area contributed by atoms with E-state index in [1.807, 2.05) is 78.6 Å². The summed E-state index contributed by atoms with van der Waals surface area (Å²) < 4.78 is 7.36. The Kier molecular flexibility index (Phi) is 6.43. The maximum absolute atomic E-state index is 13.5. The van der Waals surface area contributed by atoms with E-state index < -0.39 is 0 Å². The van der Waals surface area contributed by atoms with E-state index in [0.717, 1.165) is 11.1 Å². The lowest BCUT2D eigenvalue weighted by Gasteiger charge is -2.35. The molecule has 0 spiro atoms. The first-order valence-electron chi connectivity index (χ1n) is 11.7. The first-order valence-corrected chi connectivity index (χ1v) is 11.7. The quantitative estimate of drug-likeness (QED) is 0.432. The number of anilines is 1. The highest BCUT2D eigenvalue weighted by atomic mass is 16.5. The number of aryl methyl sites for hydroxylation is 1. The van der Waals surface area contributed by atoms with Gasteiger partial charge in [0.15, 0.2) is 18.1 Å². The van der Waals surface area contributed by atoms with Crippen molar-refractivity contribution in [2.24, 2.45) is 0 Å². The molecule has 1 fully saturated rings. The van der Waals surface area contributed by atoms with Gasteiger partial charge >= 0.3 is 0 Å². The number of benzene rings is 2. The SMILES string of the molecule is Cc1cccc(OCC(=O)N2CCN(c3nc4cccnc4n(Cc4ccccc4)c3=O)CC2)c1. The van der Waals surface area contributed by atoms with Crippen LogP contribution < -0.4 is 15.2 Å². The number of hydrogen-bond donors (Lipinski definition) is 0. The van der Waals surface area contributed by atoms with E-state index in [0.29, 0.717) is 55.5 Å². The van der Waals surface area contributed by atoms with E-state index in [2.05, 4.69) is 9.97 Å². The Labute approximate surface area is 203 Å². The van der Waals surface area contributed by atoms with Crippen molar-refractivity contribution < 1.29 is 9.53 Å². The summed E-state index contributed by atoms with van der Waals surface area (Å²) in [6.07, 6.45) is 1.67. The van der Waals surface area contributed by atoms with Gasteiger partial charge in [-0.2, -0.15) is 0 Å². The fourth-order valence-corrected chi connectivity index (χ4v) is 4.29. The largest absolute Gasteiger partial charge is 0.484 e. The van der Waals surface area contributed by atoms with Gasteiger partial charge in [0.25, 0.3) is 11.5 Å². The third-order valence-corrected chi connectivity index (χ3v) is 6.15. The van der Waals surface area contributed by atoms with Gasteiger partial charge in [0.2, 0.25) is 0 Å². The van der Waals surface area contributed by atoms with Gasteiger partial charge in [-0.1, -0.05) is 42.5 Å². The van der Waals surface area contributed by atoms with Crippen molar-refractivity contribution in [3.63, 3.8) is 0 Å². The lowest BCUT2D eigenvalue weighted by atomic mass is 10.2. The van der Waals surface area contributed by atoms with E-state index in [9.17, 15) is 9.59 Å². The van der Waals surface area contributed by atoms with Crippen LogP contribution in [0.25, 0.3) is 11.2 Å².